The number of hydrogen-bond acceptors (Lipinski definition) is 2. The van der Waals surface area contributed by atoms with Gasteiger partial charge in [0, 0.05) is 11.8 Å². The minimum Gasteiger partial charge on any atom is -0.376 e. The van der Waals surface area contributed by atoms with Crippen LogP contribution in [0.5, 0.6) is 0 Å². The van der Waals surface area contributed by atoms with Gasteiger partial charge in [-0.05, 0) is 33.1 Å². The molecule has 3 heteroatoms. The van der Waals surface area contributed by atoms with Gasteiger partial charge in [0.1, 0.15) is 0 Å². The van der Waals surface area contributed by atoms with Gasteiger partial charge in [-0.3, -0.25) is 0 Å². The topological polar surface area (TPSA) is 18.5 Å². The number of benzene rings is 5. The lowest BCUT2D eigenvalue weighted by Gasteiger charge is -2.32. The maximum absolute atomic E-state index is 6.39. The average molecular weight is 593 g/mol. The van der Waals surface area contributed by atoms with Crippen LogP contribution in [0.25, 0.3) is 0 Å². The molecule has 220 valence electrons. The van der Waals surface area contributed by atoms with Gasteiger partial charge in [-0.1, -0.05) is 158 Å². The molecule has 5 rings (SSSR count). The van der Waals surface area contributed by atoms with E-state index in [0.29, 0.717) is 32.8 Å². The van der Waals surface area contributed by atoms with E-state index in [1.807, 2.05) is 42.5 Å². The highest BCUT2D eigenvalue weighted by molar-refractivity contribution is 7.16. The van der Waals surface area contributed by atoms with Crippen molar-refractivity contribution in [3.63, 3.8) is 0 Å². The molecule has 0 aromatic heterocycles. The van der Waals surface area contributed by atoms with Gasteiger partial charge in [-0.15, -0.1) is 18.0 Å². The third-order valence-corrected chi connectivity index (χ3v) is 12.1. The van der Waals surface area contributed by atoms with Crippen molar-refractivity contribution in [2.75, 3.05) is 13.2 Å². The molecule has 5 aromatic rings. The van der Waals surface area contributed by atoms with E-state index < -0.39 is 8.07 Å². The van der Waals surface area contributed by atoms with Gasteiger partial charge in [0.15, 0.2) is 0 Å². The van der Waals surface area contributed by atoms with E-state index in [4.69, 9.17) is 9.47 Å². The Kier molecular flexibility index (Phi) is 11.2. The van der Waals surface area contributed by atoms with Crippen LogP contribution in [0.1, 0.15) is 24.0 Å². The summed E-state index contributed by atoms with van der Waals surface area (Å²) in [5.41, 5.74) is 5.92. The Bertz CT molecular complexity index is 1470. The summed E-state index contributed by atoms with van der Waals surface area (Å²) in [5, 5.41) is 3.83. The van der Waals surface area contributed by atoms with Gasteiger partial charge >= 0.3 is 0 Å². The SMILES string of the molecule is C=CCC(CC#C[Si](c1ccccc1)(c1ccccc1)c1ccccc1)(COCc1ccccc1)COCc1ccccc1. The molecule has 0 saturated heterocycles. The quantitative estimate of drug-likeness (QED) is 0.0594. The number of allylic oxidation sites excluding steroid dienone is 1. The molecule has 0 fully saturated rings. The molecule has 44 heavy (non-hydrogen) atoms. The van der Waals surface area contributed by atoms with E-state index in [-0.39, 0.29) is 5.41 Å². The zero-order chi connectivity index (χ0) is 30.3. The van der Waals surface area contributed by atoms with E-state index in [1.165, 1.54) is 15.6 Å². The molecule has 0 unspecified atom stereocenters. The Hall–Kier alpha value is -4.46. The minimum atomic E-state index is -2.68. The summed E-state index contributed by atoms with van der Waals surface area (Å²) in [5.74, 6) is 3.75. The molecule has 0 amide bonds. The van der Waals surface area contributed by atoms with Crippen LogP contribution in [0, 0.1) is 16.9 Å². The van der Waals surface area contributed by atoms with E-state index in [0.717, 1.165) is 17.5 Å². The highest BCUT2D eigenvalue weighted by Gasteiger charge is 2.38. The second kappa shape index (κ2) is 15.8. The second-order valence-electron chi connectivity index (χ2n) is 11.3. The molecule has 0 radical (unpaired) electrons. The fraction of sp³-hybridized carbons (Fsp3) is 0.171. The molecule has 0 atom stereocenters. The Morgan fingerprint density at radius 3 is 1.27 bits per heavy atom. The van der Waals surface area contributed by atoms with Crippen LogP contribution in [-0.4, -0.2) is 21.3 Å². The van der Waals surface area contributed by atoms with Crippen LogP contribution in [0.15, 0.2) is 164 Å². The summed E-state index contributed by atoms with van der Waals surface area (Å²) in [6.45, 7) is 6.26. The largest absolute Gasteiger partial charge is 0.376 e. The van der Waals surface area contributed by atoms with Crippen molar-refractivity contribution in [1.82, 2.24) is 0 Å². The molecule has 0 aliphatic carbocycles. The first kappa shape index (κ1) is 31.0. The first-order valence-corrected chi connectivity index (χ1v) is 17.2. The standard InChI is InChI=1S/C41H40O2Si/c1-2-29-41(34-42-32-36-19-8-3-9-20-36,35-43-33-37-21-10-4-11-22-37)30-18-31-44(38-23-12-5-13-24-38,39-25-14-6-15-26-39)40-27-16-7-17-28-40/h2-17,19-28H,1,29-30,32-35H2. The van der Waals surface area contributed by atoms with Gasteiger partial charge in [0.25, 0.3) is 0 Å². The summed E-state index contributed by atoms with van der Waals surface area (Å²) >= 11 is 0. The summed E-state index contributed by atoms with van der Waals surface area (Å²) in [7, 11) is -2.68. The lowest BCUT2D eigenvalue weighted by molar-refractivity contribution is -0.0293. The maximum Gasteiger partial charge on any atom is 0.229 e. The maximum atomic E-state index is 6.39. The number of rotatable bonds is 14. The molecule has 5 aromatic carbocycles. The van der Waals surface area contributed by atoms with E-state index in [1.54, 1.807) is 0 Å². The minimum absolute atomic E-state index is 0.345. The lowest BCUT2D eigenvalue weighted by Crippen LogP contribution is -2.66. The Morgan fingerprint density at radius 2 is 0.909 bits per heavy atom. The van der Waals surface area contributed by atoms with Crippen molar-refractivity contribution < 1.29 is 9.47 Å². The van der Waals surface area contributed by atoms with E-state index >= 15 is 0 Å². The third kappa shape index (κ3) is 7.92. The third-order valence-electron chi connectivity index (χ3n) is 7.98. The highest BCUT2D eigenvalue weighted by Crippen LogP contribution is 2.29. The van der Waals surface area contributed by atoms with Gasteiger partial charge in [-0.2, -0.15) is 0 Å². The molecule has 0 N–H and O–H groups in total. The van der Waals surface area contributed by atoms with Crippen LogP contribution in [0.3, 0.4) is 0 Å². The molecule has 0 aliphatic rings. The van der Waals surface area contributed by atoms with Crippen molar-refractivity contribution in [3.8, 4) is 11.5 Å². The first-order valence-electron chi connectivity index (χ1n) is 15.2. The Balaban J connectivity index is 1.51. The monoisotopic (exact) mass is 592 g/mol. The van der Waals surface area contributed by atoms with Crippen LogP contribution in [0.4, 0.5) is 0 Å². The van der Waals surface area contributed by atoms with E-state index in [9.17, 15) is 0 Å². The molecule has 0 heterocycles. The van der Waals surface area contributed by atoms with Crippen molar-refractivity contribution >= 4 is 23.6 Å². The molecular weight excluding hydrogens is 553 g/mol. The highest BCUT2D eigenvalue weighted by atomic mass is 28.3. The Morgan fingerprint density at radius 1 is 0.545 bits per heavy atom. The second-order valence-corrected chi connectivity index (χ2v) is 14.8. The predicted molar refractivity (Wildman–Crippen MR) is 186 cm³/mol. The van der Waals surface area contributed by atoms with Crippen LogP contribution in [-0.2, 0) is 22.7 Å². The predicted octanol–water partition coefficient (Wildman–Crippen LogP) is 7.09. The summed E-state index contributed by atoms with van der Waals surface area (Å²) in [6, 6.07) is 53.1. The van der Waals surface area contributed by atoms with Crippen LogP contribution in [0.2, 0.25) is 0 Å². The number of hydrogen-bond donors (Lipinski definition) is 0. The van der Waals surface area contributed by atoms with Gasteiger partial charge in [0.2, 0.25) is 8.07 Å². The van der Waals surface area contributed by atoms with Crippen molar-refractivity contribution in [3.05, 3.63) is 175 Å². The summed E-state index contributed by atoms with van der Waals surface area (Å²) < 4.78 is 12.8. The molecule has 2 nitrogen and oxygen atoms in total. The average Bonchev–Trinajstić information content (AvgIpc) is 3.09. The molecule has 0 aliphatic heterocycles. The van der Waals surface area contributed by atoms with Gasteiger partial charge in [-0.25, -0.2) is 0 Å². The molecule has 0 saturated carbocycles. The summed E-state index contributed by atoms with van der Waals surface area (Å²) in [6.07, 6.45) is 3.35. The molecular formula is C41H40O2Si. The lowest BCUT2D eigenvalue weighted by atomic mass is 9.83. The number of ether oxygens (including phenoxy) is 2. The van der Waals surface area contributed by atoms with Crippen molar-refractivity contribution in [2.45, 2.75) is 26.1 Å². The fourth-order valence-corrected chi connectivity index (χ4v) is 9.57. The van der Waals surface area contributed by atoms with Crippen LogP contribution >= 0.6 is 0 Å². The first-order chi connectivity index (χ1) is 21.7. The Labute approximate surface area is 264 Å². The fourth-order valence-electron chi connectivity index (χ4n) is 5.70. The molecule has 0 bridgehead atoms. The van der Waals surface area contributed by atoms with Crippen LogP contribution < -0.4 is 15.6 Å². The van der Waals surface area contributed by atoms with E-state index in [2.05, 4.69) is 133 Å². The zero-order valence-electron chi connectivity index (χ0n) is 25.3. The normalized spacial score (nSPS) is 11.4. The van der Waals surface area contributed by atoms with Crippen molar-refractivity contribution in [2.24, 2.45) is 5.41 Å². The summed E-state index contributed by atoms with van der Waals surface area (Å²) in [4.78, 5) is 0. The molecule has 0 spiro atoms. The van der Waals surface area contributed by atoms with Gasteiger partial charge < -0.3 is 9.47 Å². The van der Waals surface area contributed by atoms with Crippen molar-refractivity contribution in [1.29, 1.82) is 0 Å². The zero-order valence-corrected chi connectivity index (χ0v) is 26.3. The van der Waals surface area contributed by atoms with Gasteiger partial charge in [0.05, 0.1) is 26.4 Å². The smallest absolute Gasteiger partial charge is 0.229 e.